The van der Waals surface area contributed by atoms with Crippen LogP contribution in [0, 0.1) is 6.92 Å². The normalized spacial score (nSPS) is 11.4. The number of rotatable bonds is 3. The fourth-order valence-electron chi connectivity index (χ4n) is 2.27. The van der Waals surface area contributed by atoms with Gasteiger partial charge in [0.1, 0.15) is 0 Å². The van der Waals surface area contributed by atoms with Gasteiger partial charge >= 0.3 is 0 Å². The first kappa shape index (κ1) is 12.2. The van der Waals surface area contributed by atoms with E-state index in [4.69, 9.17) is 0 Å². The molecular weight excluding hydrogens is 248 g/mol. The highest BCUT2D eigenvalue weighted by atomic mass is 32.1. The van der Waals surface area contributed by atoms with Crippen LogP contribution in [-0.2, 0) is 6.42 Å². The smallest absolute Gasteiger partial charge is 0.0351 e. The van der Waals surface area contributed by atoms with E-state index in [1.807, 2.05) is 11.3 Å². The third-order valence-electron chi connectivity index (χ3n) is 3.35. The zero-order chi connectivity index (χ0) is 13.1. The van der Waals surface area contributed by atoms with Crippen molar-refractivity contribution in [3.63, 3.8) is 0 Å². The van der Waals surface area contributed by atoms with Crippen molar-refractivity contribution in [2.45, 2.75) is 13.3 Å². The number of aryl methyl sites for hydroxylation is 1. The lowest BCUT2D eigenvalue weighted by Crippen LogP contribution is -1.78. The maximum absolute atomic E-state index is 2.26. The molecule has 0 amide bonds. The predicted octanol–water partition coefficient (Wildman–Crippen LogP) is 5.47. The molecule has 0 spiro atoms. The van der Waals surface area contributed by atoms with Crippen molar-refractivity contribution in [1.29, 1.82) is 0 Å². The van der Waals surface area contributed by atoms with Gasteiger partial charge in [-0.3, -0.25) is 0 Å². The summed E-state index contributed by atoms with van der Waals surface area (Å²) in [5.74, 6) is 0. The van der Waals surface area contributed by atoms with E-state index >= 15 is 0 Å². The van der Waals surface area contributed by atoms with E-state index in [1.165, 1.54) is 26.1 Å². The van der Waals surface area contributed by atoms with Gasteiger partial charge in [-0.05, 0) is 42.0 Å². The zero-order valence-corrected chi connectivity index (χ0v) is 11.8. The van der Waals surface area contributed by atoms with Gasteiger partial charge in [0.2, 0.25) is 0 Å². The van der Waals surface area contributed by atoms with Crippen molar-refractivity contribution in [1.82, 2.24) is 0 Å². The summed E-state index contributed by atoms with van der Waals surface area (Å²) in [6.45, 7) is 2.21. The molecular formula is C18H16S. The molecule has 1 heterocycles. The lowest BCUT2D eigenvalue weighted by Gasteiger charge is -1.94. The summed E-state index contributed by atoms with van der Waals surface area (Å²) in [5.41, 5.74) is 2.75. The number of fused-ring (bicyclic) bond motifs is 1. The lowest BCUT2D eigenvalue weighted by molar-refractivity contribution is 1.28. The van der Waals surface area contributed by atoms with E-state index < -0.39 is 0 Å². The van der Waals surface area contributed by atoms with Crippen molar-refractivity contribution in [2.75, 3.05) is 0 Å². The Labute approximate surface area is 118 Å². The van der Waals surface area contributed by atoms with Gasteiger partial charge in [-0.15, -0.1) is 11.3 Å². The Balaban J connectivity index is 1.83. The van der Waals surface area contributed by atoms with E-state index in [1.54, 1.807) is 0 Å². The van der Waals surface area contributed by atoms with Crippen LogP contribution in [0.3, 0.4) is 0 Å². The van der Waals surface area contributed by atoms with E-state index in [-0.39, 0.29) is 0 Å². The number of benzene rings is 2. The van der Waals surface area contributed by atoms with E-state index in [0.29, 0.717) is 0 Å². The first-order valence-corrected chi connectivity index (χ1v) is 7.35. The SMILES string of the molecule is Cc1c(/C=C/Cc2ccccc2)sc2ccccc12. The fourth-order valence-corrected chi connectivity index (χ4v) is 3.41. The fraction of sp³-hybridized carbons (Fsp3) is 0.111. The van der Waals surface area contributed by atoms with Gasteiger partial charge in [-0.25, -0.2) is 0 Å². The van der Waals surface area contributed by atoms with Crippen LogP contribution >= 0.6 is 11.3 Å². The summed E-state index contributed by atoms with van der Waals surface area (Å²) >= 11 is 1.87. The zero-order valence-electron chi connectivity index (χ0n) is 11.0. The first-order valence-electron chi connectivity index (χ1n) is 6.53. The minimum Gasteiger partial charge on any atom is -0.136 e. The van der Waals surface area contributed by atoms with Crippen LogP contribution in [0.15, 0.2) is 60.7 Å². The van der Waals surface area contributed by atoms with E-state index in [2.05, 4.69) is 73.7 Å². The molecule has 0 saturated heterocycles. The second-order valence-electron chi connectivity index (χ2n) is 4.68. The van der Waals surface area contributed by atoms with Crippen molar-refractivity contribution in [3.05, 3.63) is 76.7 Å². The Morgan fingerprint density at radius 3 is 2.47 bits per heavy atom. The second kappa shape index (κ2) is 5.41. The minimum atomic E-state index is 0.995. The molecule has 3 aromatic rings. The van der Waals surface area contributed by atoms with Crippen LogP contribution in [0.4, 0.5) is 0 Å². The standard InChI is InChI=1S/C18H16S/c1-14-16-11-5-6-12-18(16)19-17(14)13-7-10-15-8-3-2-4-9-15/h2-9,11-13H,10H2,1H3/b13-7+. The van der Waals surface area contributed by atoms with Crippen LogP contribution in [-0.4, -0.2) is 0 Å². The van der Waals surface area contributed by atoms with Gasteiger partial charge in [0.25, 0.3) is 0 Å². The molecule has 0 saturated carbocycles. The van der Waals surface area contributed by atoms with Gasteiger partial charge in [0.05, 0.1) is 0 Å². The molecule has 1 heteroatoms. The topological polar surface area (TPSA) is 0 Å². The molecule has 0 bridgehead atoms. The molecule has 0 aliphatic heterocycles. The Kier molecular flexibility index (Phi) is 3.47. The highest BCUT2D eigenvalue weighted by Gasteiger charge is 2.04. The molecule has 0 unspecified atom stereocenters. The van der Waals surface area contributed by atoms with Crippen LogP contribution in [0.5, 0.6) is 0 Å². The second-order valence-corrected chi connectivity index (χ2v) is 5.76. The van der Waals surface area contributed by atoms with Crippen molar-refractivity contribution in [2.24, 2.45) is 0 Å². The van der Waals surface area contributed by atoms with E-state index in [0.717, 1.165) is 6.42 Å². The van der Waals surface area contributed by atoms with Gasteiger partial charge in [0.15, 0.2) is 0 Å². The summed E-state index contributed by atoms with van der Waals surface area (Å²) < 4.78 is 1.37. The highest BCUT2D eigenvalue weighted by molar-refractivity contribution is 7.20. The average molecular weight is 264 g/mol. The first-order chi connectivity index (χ1) is 9.34. The largest absolute Gasteiger partial charge is 0.136 e. The third-order valence-corrected chi connectivity index (χ3v) is 4.58. The molecule has 0 aliphatic rings. The van der Waals surface area contributed by atoms with E-state index in [9.17, 15) is 0 Å². The molecule has 0 atom stereocenters. The monoisotopic (exact) mass is 264 g/mol. The van der Waals surface area contributed by atoms with Gasteiger partial charge in [-0.1, -0.05) is 54.6 Å². The Bertz CT molecular complexity index is 705. The molecule has 0 radical (unpaired) electrons. The molecule has 0 aliphatic carbocycles. The average Bonchev–Trinajstić information content (AvgIpc) is 2.78. The Morgan fingerprint density at radius 2 is 1.68 bits per heavy atom. The lowest BCUT2D eigenvalue weighted by atomic mass is 10.1. The predicted molar refractivity (Wildman–Crippen MR) is 85.7 cm³/mol. The molecule has 94 valence electrons. The summed E-state index contributed by atoms with van der Waals surface area (Å²) in [5, 5.41) is 1.38. The molecule has 0 fully saturated rings. The van der Waals surface area contributed by atoms with Gasteiger partial charge < -0.3 is 0 Å². The molecule has 2 aromatic carbocycles. The van der Waals surface area contributed by atoms with Gasteiger partial charge in [0, 0.05) is 9.58 Å². The third kappa shape index (κ3) is 2.61. The van der Waals surface area contributed by atoms with Crippen molar-refractivity contribution < 1.29 is 0 Å². The van der Waals surface area contributed by atoms with Crippen LogP contribution in [0.1, 0.15) is 16.0 Å². The van der Waals surface area contributed by atoms with Crippen LogP contribution in [0.2, 0.25) is 0 Å². The maximum Gasteiger partial charge on any atom is 0.0351 e. The quantitative estimate of drug-likeness (QED) is 0.589. The highest BCUT2D eigenvalue weighted by Crippen LogP contribution is 2.31. The molecule has 1 aromatic heterocycles. The number of hydrogen-bond donors (Lipinski definition) is 0. The maximum atomic E-state index is 2.26. The van der Waals surface area contributed by atoms with Crippen molar-refractivity contribution >= 4 is 27.5 Å². The minimum absolute atomic E-state index is 0.995. The van der Waals surface area contributed by atoms with Crippen molar-refractivity contribution in [3.8, 4) is 0 Å². The van der Waals surface area contributed by atoms with Crippen LogP contribution in [0.25, 0.3) is 16.2 Å². The molecule has 0 N–H and O–H groups in total. The summed E-state index contributed by atoms with van der Waals surface area (Å²) in [6.07, 6.45) is 5.51. The number of hydrogen-bond acceptors (Lipinski definition) is 1. The molecule has 19 heavy (non-hydrogen) atoms. The van der Waals surface area contributed by atoms with Crippen LogP contribution < -0.4 is 0 Å². The summed E-state index contributed by atoms with van der Waals surface area (Å²) in [6, 6.07) is 19.2. The molecule has 3 rings (SSSR count). The molecule has 0 nitrogen and oxygen atoms in total. The Morgan fingerprint density at radius 1 is 0.947 bits per heavy atom. The summed E-state index contributed by atoms with van der Waals surface area (Å²) in [4.78, 5) is 1.37. The Hall–Kier alpha value is -1.86. The summed E-state index contributed by atoms with van der Waals surface area (Å²) in [7, 11) is 0. The number of allylic oxidation sites excluding steroid dienone is 1. The number of thiophene rings is 1. The van der Waals surface area contributed by atoms with Gasteiger partial charge in [-0.2, -0.15) is 0 Å².